The number of halogens is 2. The van der Waals surface area contributed by atoms with Crippen LogP contribution in [-0.2, 0) is 5.88 Å². The topological polar surface area (TPSA) is 22.1 Å². The fraction of sp³-hybridized carbons (Fsp3) is 0.214. The molecule has 18 heavy (non-hydrogen) atoms. The maximum atomic E-state index is 5.94. The highest BCUT2D eigenvalue weighted by Gasteiger charge is 2.05. The Bertz CT molecular complexity index is 570. The van der Waals surface area contributed by atoms with Gasteiger partial charge in [-0.2, -0.15) is 0 Å². The number of ether oxygens (including phenoxy) is 1. The zero-order chi connectivity index (χ0) is 13.1. The van der Waals surface area contributed by atoms with Gasteiger partial charge in [0.15, 0.2) is 0 Å². The third-order valence-corrected chi connectivity index (χ3v) is 3.20. The largest absolute Gasteiger partial charge is 0.439 e. The van der Waals surface area contributed by atoms with Gasteiger partial charge in [0.05, 0.1) is 0 Å². The van der Waals surface area contributed by atoms with Crippen molar-refractivity contribution in [3.8, 4) is 11.6 Å². The van der Waals surface area contributed by atoms with Crippen LogP contribution >= 0.6 is 23.2 Å². The SMILES string of the molecule is Cc1ccc(Cl)cc1Oc1ccc(CCl)c(C)n1. The molecule has 0 amide bonds. The fourth-order valence-electron chi connectivity index (χ4n) is 1.56. The number of rotatable bonds is 3. The summed E-state index contributed by atoms with van der Waals surface area (Å²) in [7, 11) is 0. The molecular formula is C14H13Cl2NO. The highest BCUT2D eigenvalue weighted by molar-refractivity contribution is 6.30. The number of aromatic nitrogens is 1. The molecule has 0 unspecified atom stereocenters. The van der Waals surface area contributed by atoms with Gasteiger partial charge < -0.3 is 4.74 Å². The summed E-state index contributed by atoms with van der Waals surface area (Å²) in [4.78, 5) is 4.36. The number of hydrogen-bond donors (Lipinski definition) is 0. The van der Waals surface area contributed by atoms with E-state index in [0.29, 0.717) is 22.5 Å². The van der Waals surface area contributed by atoms with Crippen LogP contribution in [-0.4, -0.2) is 4.98 Å². The maximum absolute atomic E-state index is 5.94. The fourth-order valence-corrected chi connectivity index (χ4v) is 2.01. The molecule has 1 heterocycles. The molecule has 0 saturated carbocycles. The first-order valence-electron chi connectivity index (χ1n) is 5.56. The second kappa shape index (κ2) is 5.59. The summed E-state index contributed by atoms with van der Waals surface area (Å²) in [6.07, 6.45) is 0. The molecular weight excluding hydrogens is 269 g/mol. The van der Waals surface area contributed by atoms with E-state index in [1.54, 1.807) is 6.07 Å². The summed E-state index contributed by atoms with van der Waals surface area (Å²) in [5.74, 6) is 1.72. The van der Waals surface area contributed by atoms with Gasteiger partial charge in [-0.1, -0.05) is 23.7 Å². The smallest absolute Gasteiger partial charge is 0.219 e. The second-order valence-electron chi connectivity index (χ2n) is 4.04. The van der Waals surface area contributed by atoms with Crippen LogP contribution in [0.15, 0.2) is 30.3 Å². The Balaban J connectivity index is 2.28. The van der Waals surface area contributed by atoms with Crippen LogP contribution in [0.25, 0.3) is 0 Å². The van der Waals surface area contributed by atoms with E-state index < -0.39 is 0 Å². The molecule has 2 nitrogen and oxygen atoms in total. The van der Waals surface area contributed by atoms with E-state index in [4.69, 9.17) is 27.9 Å². The van der Waals surface area contributed by atoms with Crippen molar-refractivity contribution in [1.82, 2.24) is 4.98 Å². The Hall–Kier alpha value is -1.25. The summed E-state index contributed by atoms with van der Waals surface area (Å²) < 4.78 is 5.73. The van der Waals surface area contributed by atoms with Gasteiger partial charge in [-0.05, 0) is 37.1 Å². The first kappa shape index (κ1) is 13.2. The van der Waals surface area contributed by atoms with Crippen LogP contribution in [0, 0.1) is 13.8 Å². The van der Waals surface area contributed by atoms with Crippen molar-refractivity contribution < 1.29 is 4.74 Å². The van der Waals surface area contributed by atoms with Crippen molar-refractivity contribution in [2.45, 2.75) is 19.7 Å². The zero-order valence-corrected chi connectivity index (χ0v) is 11.7. The van der Waals surface area contributed by atoms with Crippen molar-refractivity contribution >= 4 is 23.2 Å². The molecule has 4 heteroatoms. The van der Waals surface area contributed by atoms with Gasteiger partial charge in [0.1, 0.15) is 5.75 Å². The van der Waals surface area contributed by atoms with Crippen LogP contribution in [0.1, 0.15) is 16.8 Å². The van der Waals surface area contributed by atoms with E-state index in [9.17, 15) is 0 Å². The van der Waals surface area contributed by atoms with Crippen molar-refractivity contribution in [2.24, 2.45) is 0 Å². The molecule has 0 atom stereocenters. The Kier molecular flexibility index (Phi) is 4.10. The number of alkyl halides is 1. The van der Waals surface area contributed by atoms with Gasteiger partial charge in [0, 0.05) is 22.7 Å². The summed E-state index contributed by atoms with van der Waals surface area (Å²) >= 11 is 11.7. The average Bonchev–Trinajstić information content (AvgIpc) is 2.34. The molecule has 0 radical (unpaired) electrons. The number of aryl methyl sites for hydroxylation is 2. The van der Waals surface area contributed by atoms with Crippen molar-refractivity contribution in [3.05, 3.63) is 52.2 Å². The van der Waals surface area contributed by atoms with E-state index in [2.05, 4.69) is 4.98 Å². The predicted octanol–water partition coefficient (Wildman–Crippen LogP) is 4.88. The normalized spacial score (nSPS) is 10.4. The molecule has 0 aliphatic heterocycles. The molecule has 94 valence electrons. The maximum Gasteiger partial charge on any atom is 0.219 e. The first-order chi connectivity index (χ1) is 8.60. The van der Waals surface area contributed by atoms with Gasteiger partial charge in [0.2, 0.25) is 5.88 Å². The summed E-state index contributed by atoms with van der Waals surface area (Å²) in [5.41, 5.74) is 2.90. The van der Waals surface area contributed by atoms with E-state index in [-0.39, 0.29) is 0 Å². The van der Waals surface area contributed by atoms with E-state index >= 15 is 0 Å². The first-order valence-corrected chi connectivity index (χ1v) is 6.48. The Morgan fingerprint density at radius 2 is 1.94 bits per heavy atom. The van der Waals surface area contributed by atoms with Gasteiger partial charge >= 0.3 is 0 Å². The van der Waals surface area contributed by atoms with Gasteiger partial charge in [-0.15, -0.1) is 11.6 Å². The molecule has 1 aromatic carbocycles. The monoisotopic (exact) mass is 281 g/mol. The molecule has 0 fully saturated rings. The number of hydrogen-bond acceptors (Lipinski definition) is 2. The molecule has 0 aliphatic carbocycles. The van der Waals surface area contributed by atoms with Gasteiger partial charge in [-0.25, -0.2) is 4.98 Å². The van der Waals surface area contributed by atoms with Crippen LogP contribution in [0.5, 0.6) is 11.6 Å². The molecule has 0 bridgehead atoms. The third-order valence-electron chi connectivity index (χ3n) is 2.68. The molecule has 2 rings (SSSR count). The molecule has 0 N–H and O–H groups in total. The van der Waals surface area contributed by atoms with Crippen LogP contribution < -0.4 is 4.74 Å². The summed E-state index contributed by atoms with van der Waals surface area (Å²) in [6, 6.07) is 9.26. The van der Waals surface area contributed by atoms with Crippen LogP contribution in [0.4, 0.5) is 0 Å². The highest BCUT2D eigenvalue weighted by Crippen LogP contribution is 2.27. The molecule has 0 aliphatic rings. The molecule has 0 saturated heterocycles. The van der Waals surface area contributed by atoms with Crippen molar-refractivity contribution in [2.75, 3.05) is 0 Å². The third kappa shape index (κ3) is 2.95. The van der Waals surface area contributed by atoms with E-state index in [1.807, 2.05) is 38.1 Å². The number of benzene rings is 1. The molecule has 2 aromatic rings. The van der Waals surface area contributed by atoms with E-state index in [0.717, 1.165) is 16.8 Å². The van der Waals surface area contributed by atoms with Gasteiger partial charge in [-0.3, -0.25) is 0 Å². The number of nitrogens with zero attached hydrogens (tertiary/aromatic N) is 1. The standard InChI is InChI=1S/C14H13Cl2NO/c1-9-3-5-12(16)7-13(9)18-14-6-4-11(8-15)10(2)17-14/h3-7H,8H2,1-2H3. The van der Waals surface area contributed by atoms with Crippen LogP contribution in [0.3, 0.4) is 0 Å². The Morgan fingerprint density at radius 1 is 1.17 bits per heavy atom. The lowest BCUT2D eigenvalue weighted by Gasteiger charge is -2.09. The lowest BCUT2D eigenvalue weighted by molar-refractivity contribution is 0.458. The van der Waals surface area contributed by atoms with Crippen molar-refractivity contribution in [3.63, 3.8) is 0 Å². The van der Waals surface area contributed by atoms with Crippen molar-refractivity contribution in [1.29, 1.82) is 0 Å². The number of pyridine rings is 1. The van der Waals surface area contributed by atoms with E-state index in [1.165, 1.54) is 0 Å². The lowest BCUT2D eigenvalue weighted by atomic mass is 10.2. The van der Waals surface area contributed by atoms with Gasteiger partial charge in [0.25, 0.3) is 0 Å². The summed E-state index contributed by atoms with van der Waals surface area (Å²) in [6.45, 7) is 3.88. The predicted molar refractivity (Wildman–Crippen MR) is 74.8 cm³/mol. The Labute approximate surface area is 117 Å². The highest BCUT2D eigenvalue weighted by atomic mass is 35.5. The quantitative estimate of drug-likeness (QED) is 0.748. The Morgan fingerprint density at radius 3 is 2.61 bits per heavy atom. The minimum Gasteiger partial charge on any atom is -0.439 e. The zero-order valence-electron chi connectivity index (χ0n) is 10.2. The minimum absolute atomic E-state index is 0.454. The second-order valence-corrected chi connectivity index (χ2v) is 4.74. The van der Waals surface area contributed by atoms with Crippen LogP contribution in [0.2, 0.25) is 5.02 Å². The molecule has 0 spiro atoms. The molecule has 1 aromatic heterocycles. The minimum atomic E-state index is 0.454. The lowest BCUT2D eigenvalue weighted by Crippen LogP contribution is -1.94. The summed E-state index contributed by atoms with van der Waals surface area (Å²) in [5, 5.41) is 0.643. The average molecular weight is 282 g/mol.